The van der Waals surface area contributed by atoms with E-state index >= 15 is 0 Å². The summed E-state index contributed by atoms with van der Waals surface area (Å²) in [6, 6.07) is 8.12. The molecule has 0 bridgehead atoms. The number of rotatable bonds is 4. The minimum atomic E-state index is -0.748. The molecule has 154 valence electrons. The summed E-state index contributed by atoms with van der Waals surface area (Å²) in [4.78, 5) is 33.1. The molecule has 9 nitrogen and oxygen atoms in total. The van der Waals surface area contributed by atoms with Crippen LogP contribution in [0, 0.1) is 11.5 Å². The molecule has 4 aromatic rings. The molecule has 0 saturated carbocycles. The lowest BCUT2D eigenvalue weighted by atomic mass is 10.0. The standard InChI is InChI=1S/C20H18N6O3.ClH/c21-11-26-19(27)17-18(23-20(26)28)25(12-22-17)8-3-7-24-9-6-16-14(10-24)13-4-1-2-5-15(13)29-16;/h1-2,4-5,12H,3,6-10H2,(H,23,28);1H. The molecule has 3 aromatic heterocycles. The van der Waals surface area contributed by atoms with Crippen LogP contribution < -0.4 is 11.2 Å². The fourth-order valence-corrected chi connectivity index (χ4v) is 4.03. The summed E-state index contributed by atoms with van der Waals surface area (Å²) in [6.07, 6.45) is 4.82. The number of aromatic nitrogens is 4. The number of fused-ring (bicyclic) bond motifs is 4. The molecule has 0 amide bonds. The van der Waals surface area contributed by atoms with Gasteiger partial charge in [0.15, 0.2) is 11.7 Å². The molecule has 1 aliphatic heterocycles. The van der Waals surface area contributed by atoms with Crippen molar-refractivity contribution < 1.29 is 4.42 Å². The molecule has 10 heteroatoms. The molecule has 0 saturated heterocycles. The number of H-pyrrole nitrogens is 1. The highest BCUT2D eigenvalue weighted by molar-refractivity contribution is 5.85. The van der Waals surface area contributed by atoms with Crippen molar-refractivity contribution in [2.75, 3.05) is 13.1 Å². The highest BCUT2D eigenvalue weighted by Gasteiger charge is 2.22. The largest absolute Gasteiger partial charge is 0.461 e. The van der Waals surface area contributed by atoms with E-state index in [1.165, 1.54) is 17.3 Å². The topological polar surface area (TPSA) is 113 Å². The monoisotopic (exact) mass is 426 g/mol. The van der Waals surface area contributed by atoms with Crippen LogP contribution in [0.15, 0.2) is 44.6 Å². The molecule has 1 N–H and O–H groups in total. The molecule has 30 heavy (non-hydrogen) atoms. The van der Waals surface area contributed by atoms with E-state index in [9.17, 15) is 9.59 Å². The Kier molecular flexibility index (Phi) is 5.20. The molecule has 0 atom stereocenters. The number of aromatic amines is 1. The zero-order chi connectivity index (χ0) is 20.0. The van der Waals surface area contributed by atoms with Crippen molar-refractivity contribution in [3.8, 4) is 6.19 Å². The number of aryl methyl sites for hydroxylation is 1. The van der Waals surface area contributed by atoms with Crippen molar-refractivity contribution in [1.29, 1.82) is 5.26 Å². The van der Waals surface area contributed by atoms with Crippen LogP contribution in [0.25, 0.3) is 22.1 Å². The van der Waals surface area contributed by atoms with Crippen molar-refractivity contribution >= 4 is 34.5 Å². The summed E-state index contributed by atoms with van der Waals surface area (Å²) >= 11 is 0. The Balaban J connectivity index is 0.00000218. The number of benzene rings is 1. The van der Waals surface area contributed by atoms with Gasteiger partial charge in [-0.25, -0.2) is 9.78 Å². The number of para-hydroxylation sites is 1. The Hall–Kier alpha value is -3.35. The van der Waals surface area contributed by atoms with E-state index in [1.807, 2.05) is 18.2 Å². The zero-order valence-electron chi connectivity index (χ0n) is 16.0. The molecule has 0 unspecified atom stereocenters. The Morgan fingerprint density at radius 2 is 2.07 bits per heavy atom. The van der Waals surface area contributed by atoms with Gasteiger partial charge in [-0.2, -0.15) is 9.83 Å². The SMILES string of the molecule is Cl.N#Cn1c(=O)[nH]c2c(ncn2CCCN2CCc3oc4ccccc4c3C2)c1=O. The third kappa shape index (κ3) is 3.20. The molecule has 4 heterocycles. The van der Waals surface area contributed by atoms with E-state index in [0.29, 0.717) is 16.8 Å². The number of hydrogen-bond donors (Lipinski definition) is 1. The first-order valence-electron chi connectivity index (χ1n) is 9.47. The first-order valence-corrected chi connectivity index (χ1v) is 9.47. The maximum atomic E-state index is 12.1. The smallest absolute Gasteiger partial charge is 0.343 e. The van der Waals surface area contributed by atoms with Crippen LogP contribution >= 0.6 is 12.4 Å². The lowest BCUT2D eigenvalue weighted by molar-refractivity contribution is 0.237. The minimum absolute atomic E-state index is 0. The van der Waals surface area contributed by atoms with Gasteiger partial charge in [-0.15, -0.1) is 12.4 Å². The molecular weight excluding hydrogens is 408 g/mol. The minimum Gasteiger partial charge on any atom is -0.461 e. The van der Waals surface area contributed by atoms with E-state index in [1.54, 1.807) is 10.8 Å². The average Bonchev–Trinajstić information content (AvgIpc) is 3.30. The summed E-state index contributed by atoms with van der Waals surface area (Å²) in [7, 11) is 0. The number of imidazole rings is 1. The predicted molar refractivity (Wildman–Crippen MR) is 113 cm³/mol. The first-order chi connectivity index (χ1) is 14.2. The molecule has 0 aliphatic carbocycles. The van der Waals surface area contributed by atoms with Crippen LogP contribution in [0.2, 0.25) is 0 Å². The fourth-order valence-electron chi connectivity index (χ4n) is 4.03. The lowest BCUT2D eigenvalue weighted by Gasteiger charge is -2.26. The molecule has 1 aromatic carbocycles. The Bertz CT molecular complexity index is 1390. The second-order valence-electron chi connectivity index (χ2n) is 7.19. The predicted octanol–water partition coefficient (Wildman–Crippen LogP) is 1.83. The Morgan fingerprint density at radius 3 is 2.90 bits per heavy atom. The number of hydrogen-bond acceptors (Lipinski definition) is 6. The molecule has 5 rings (SSSR count). The van der Waals surface area contributed by atoms with Crippen LogP contribution in [0.5, 0.6) is 0 Å². The maximum Gasteiger partial charge on any atom is 0.343 e. The summed E-state index contributed by atoms with van der Waals surface area (Å²) in [5.74, 6) is 1.08. The maximum absolute atomic E-state index is 12.1. The van der Waals surface area contributed by atoms with Gasteiger partial charge in [0.2, 0.25) is 0 Å². The van der Waals surface area contributed by atoms with Gasteiger partial charge >= 0.3 is 5.69 Å². The molecular formula is C20H19ClN6O3. The molecule has 0 radical (unpaired) electrons. The van der Waals surface area contributed by atoms with Gasteiger partial charge in [-0.05, 0) is 12.5 Å². The second-order valence-corrected chi connectivity index (χ2v) is 7.19. The van der Waals surface area contributed by atoms with E-state index < -0.39 is 11.2 Å². The summed E-state index contributed by atoms with van der Waals surface area (Å²) in [5.41, 5.74) is 1.21. The number of furan rings is 1. The van der Waals surface area contributed by atoms with Crippen LogP contribution in [0.3, 0.4) is 0 Å². The summed E-state index contributed by atoms with van der Waals surface area (Å²) < 4.78 is 8.19. The number of nitriles is 1. The van der Waals surface area contributed by atoms with Crippen LogP contribution in [-0.4, -0.2) is 37.1 Å². The van der Waals surface area contributed by atoms with Gasteiger partial charge in [0.25, 0.3) is 5.56 Å². The average molecular weight is 427 g/mol. The summed E-state index contributed by atoms with van der Waals surface area (Å²) in [6.45, 7) is 3.26. The van der Waals surface area contributed by atoms with E-state index in [-0.39, 0.29) is 17.9 Å². The van der Waals surface area contributed by atoms with Crippen molar-refractivity contribution in [1.82, 2.24) is 24.0 Å². The first kappa shape index (κ1) is 19.9. The number of nitrogens with zero attached hydrogens (tertiary/aromatic N) is 5. The zero-order valence-corrected chi connectivity index (χ0v) is 16.8. The Labute approximate surface area is 176 Å². The molecule has 0 fully saturated rings. The van der Waals surface area contributed by atoms with Gasteiger partial charge in [-0.1, -0.05) is 18.2 Å². The number of halogens is 1. The quantitative estimate of drug-likeness (QED) is 0.532. The van der Waals surface area contributed by atoms with Gasteiger partial charge in [0, 0.05) is 43.5 Å². The molecule has 0 spiro atoms. The third-order valence-corrected chi connectivity index (χ3v) is 5.46. The van der Waals surface area contributed by atoms with Crippen LogP contribution in [0.4, 0.5) is 0 Å². The third-order valence-electron chi connectivity index (χ3n) is 5.46. The van der Waals surface area contributed by atoms with Gasteiger partial charge in [0.05, 0.1) is 6.33 Å². The van der Waals surface area contributed by atoms with Gasteiger partial charge in [-0.3, -0.25) is 14.7 Å². The van der Waals surface area contributed by atoms with Crippen molar-refractivity contribution in [2.45, 2.75) is 25.9 Å². The Morgan fingerprint density at radius 1 is 1.23 bits per heavy atom. The normalized spacial score (nSPS) is 13.8. The fraction of sp³-hybridized carbons (Fsp3) is 0.300. The summed E-state index contributed by atoms with van der Waals surface area (Å²) in [5, 5.41) is 10.1. The van der Waals surface area contributed by atoms with E-state index in [4.69, 9.17) is 9.68 Å². The van der Waals surface area contributed by atoms with Crippen molar-refractivity contribution in [3.63, 3.8) is 0 Å². The molecule has 1 aliphatic rings. The van der Waals surface area contributed by atoms with Crippen molar-refractivity contribution in [3.05, 3.63) is 62.8 Å². The van der Waals surface area contributed by atoms with Crippen LogP contribution in [0.1, 0.15) is 17.7 Å². The highest BCUT2D eigenvalue weighted by atomic mass is 35.5. The van der Waals surface area contributed by atoms with Gasteiger partial charge < -0.3 is 8.98 Å². The number of nitrogens with one attached hydrogen (secondary N) is 1. The highest BCUT2D eigenvalue weighted by Crippen LogP contribution is 2.30. The van der Waals surface area contributed by atoms with E-state index in [2.05, 4.69) is 20.9 Å². The van der Waals surface area contributed by atoms with Gasteiger partial charge in [0.1, 0.15) is 17.0 Å². The lowest BCUT2D eigenvalue weighted by Crippen LogP contribution is -2.33. The second kappa shape index (κ2) is 7.82. The van der Waals surface area contributed by atoms with E-state index in [0.717, 1.165) is 43.8 Å². The van der Waals surface area contributed by atoms with Crippen LogP contribution in [-0.2, 0) is 19.5 Å². The van der Waals surface area contributed by atoms with Crippen molar-refractivity contribution in [2.24, 2.45) is 0 Å².